The number of carbonyl (C=O) groups is 1. The average Bonchev–Trinajstić information content (AvgIpc) is 3.06. The molecule has 0 fully saturated rings. The SMILES string of the molecule is O=C(Cl)c1cc2cc(OCc3ccccc3)ccc2n1Cc1ccccc1. The van der Waals surface area contributed by atoms with Gasteiger partial charge >= 0.3 is 0 Å². The molecule has 0 spiro atoms. The Labute approximate surface area is 162 Å². The van der Waals surface area contributed by atoms with Crippen LogP contribution in [0.2, 0.25) is 0 Å². The summed E-state index contributed by atoms with van der Waals surface area (Å²) in [6, 6.07) is 27.7. The highest BCUT2D eigenvalue weighted by molar-refractivity contribution is 6.67. The molecule has 0 unspecified atom stereocenters. The Morgan fingerprint density at radius 2 is 1.52 bits per heavy atom. The Balaban J connectivity index is 1.65. The van der Waals surface area contributed by atoms with Crippen molar-refractivity contribution in [1.29, 1.82) is 0 Å². The third kappa shape index (κ3) is 3.88. The summed E-state index contributed by atoms with van der Waals surface area (Å²) in [7, 11) is 0. The van der Waals surface area contributed by atoms with E-state index >= 15 is 0 Å². The first-order valence-electron chi connectivity index (χ1n) is 8.74. The third-order valence-electron chi connectivity index (χ3n) is 4.51. The summed E-state index contributed by atoms with van der Waals surface area (Å²) in [6.07, 6.45) is 0. The maximum atomic E-state index is 11.9. The van der Waals surface area contributed by atoms with E-state index in [9.17, 15) is 4.79 Å². The van der Waals surface area contributed by atoms with Gasteiger partial charge in [-0.2, -0.15) is 0 Å². The molecule has 0 bridgehead atoms. The second kappa shape index (κ2) is 7.68. The van der Waals surface area contributed by atoms with Crippen molar-refractivity contribution in [3.8, 4) is 5.75 Å². The molecule has 0 atom stereocenters. The Kier molecular flexibility index (Phi) is 4.95. The van der Waals surface area contributed by atoms with Crippen LogP contribution in [-0.2, 0) is 13.2 Å². The zero-order valence-corrected chi connectivity index (χ0v) is 15.4. The van der Waals surface area contributed by atoms with Crippen LogP contribution in [0.5, 0.6) is 5.75 Å². The van der Waals surface area contributed by atoms with E-state index in [4.69, 9.17) is 16.3 Å². The van der Waals surface area contributed by atoms with Gasteiger partial charge in [0.05, 0.1) is 0 Å². The molecule has 0 radical (unpaired) electrons. The predicted octanol–water partition coefficient (Wildman–Crippen LogP) is 5.65. The van der Waals surface area contributed by atoms with Gasteiger partial charge in [0.1, 0.15) is 18.1 Å². The zero-order chi connectivity index (χ0) is 18.6. The van der Waals surface area contributed by atoms with Crippen LogP contribution in [0, 0.1) is 0 Å². The summed E-state index contributed by atoms with van der Waals surface area (Å²) < 4.78 is 7.85. The number of nitrogens with zero attached hydrogens (tertiary/aromatic N) is 1. The van der Waals surface area contributed by atoms with Gasteiger partial charge in [0.25, 0.3) is 5.24 Å². The van der Waals surface area contributed by atoms with Crippen molar-refractivity contribution in [3.63, 3.8) is 0 Å². The number of hydrogen-bond donors (Lipinski definition) is 0. The Hall–Kier alpha value is -3.04. The number of fused-ring (bicyclic) bond motifs is 1. The minimum atomic E-state index is -0.464. The molecule has 0 N–H and O–H groups in total. The average molecular weight is 376 g/mol. The standard InChI is InChI=1S/C23H18ClNO2/c24-23(26)22-14-19-13-20(27-16-18-9-5-2-6-10-18)11-12-21(19)25(22)15-17-7-3-1-4-8-17/h1-14H,15-16H2. The molecule has 0 amide bonds. The predicted molar refractivity (Wildman–Crippen MR) is 108 cm³/mol. The number of benzene rings is 3. The molecule has 4 aromatic rings. The Morgan fingerprint density at radius 1 is 0.852 bits per heavy atom. The lowest BCUT2D eigenvalue weighted by atomic mass is 10.2. The van der Waals surface area contributed by atoms with E-state index in [0.29, 0.717) is 18.8 Å². The smallest absolute Gasteiger partial charge is 0.268 e. The maximum Gasteiger partial charge on any atom is 0.268 e. The quantitative estimate of drug-likeness (QED) is 0.408. The first kappa shape index (κ1) is 17.4. The first-order valence-corrected chi connectivity index (χ1v) is 9.12. The number of ether oxygens (including phenoxy) is 1. The van der Waals surface area contributed by atoms with Gasteiger partial charge in [-0.3, -0.25) is 4.79 Å². The van der Waals surface area contributed by atoms with Gasteiger partial charge in [-0.15, -0.1) is 0 Å². The fraction of sp³-hybridized carbons (Fsp3) is 0.0870. The molecule has 1 heterocycles. The van der Waals surface area contributed by atoms with Crippen molar-refractivity contribution in [3.05, 3.63) is 102 Å². The minimum Gasteiger partial charge on any atom is -0.489 e. The van der Waals surface area contributed by atoms with Crippen LogP contribution in [0.4, 0.5) is 0 Å². The summed E-state index contributed by atoms with van der Waals surface area (Å²) in [5, 5.41) is 0.467. The first-order chi connectivity index (χ1) is 13.2. The Bertz CT molecular complexity index is 1070. The lowest BCUT2D eigenvalue weighted by molar-refractivity contribution is 0.107. The van der Waals surface area contributed by atoms with Gasteiger partial charge in [-0.25, -0.2) is 0 Å². The van der Waals surface area contributed by atoms with E-state index in [1.807, 2.05) is 89.5 Å². The van der Waals surface area contributed by atoms with E-state index < -0.39 is 5.24 Å². The van der Waals surface area contributed by atoms with Gasteiger partial charge in [0.2, 0.25) is 0 Å². The van der Waals surface area contributed by atoms with E-state index in [1.54, 1.807) is 0 Å². The molecule has 0 aliphatic heterocycles. The molecule has 4 heteroatoms. The summed E-state index contributed by atoms with van der Waals surface area (Å²) in [6.45, 7) is 1.08. The zero-order valence-electron chi connectivity index (χ0n) is 14.6. The molecule has 3 aromatic carbocycles. The summed E-state index contributed by atoms with van der Waals surface area (Å²) >= 11 is 5.84. The van der Waals surface area contributed by atoms with Crippen LogP contribution in [-0.4, -0.2) is 9.81 Å². The van der Waals surface area contributed by atoms with E-state index in [1.165, 1.54) is 0 Å². The number of carbonyl (C=O) groups excluding carboxylic acids is 1. The fourth-order valence-electron chi connectivity index (χ4n) is 3.18. The molecule has 134 valence electrons. The highest BCUT2D eigenvalue weighted by Gasteiger charge is 2.15. The molecule has 0 saturated carbocycles. The van der Waals surface area contributed by atoms with Gasteiger partial charge in [-0.05, 0) is 47.0 Å². The van der Waals surface area contributed by atoms with E-state index in [2.05, 4.69) is 0 Å². The number of aromatic nitrogens is 1. The minimum absolute atomic E-state index is 0.464. The molecular formula is C23H18ClNO2. The lowest BCUT2D eigenvalue weighted by Crippen LogP contribution is -2.06. The van der Waals surface area contributed by atoms with Gasteiger partial charge < -0.3 is 9.30 Å². The molecule has 4 rings (SSSR count). The van der Waals surface area contributed by atoms with Gasteiger partial charge in [-0.1, -0.05) is 60.7 Å². The van der Waals surface area contributed by atoms with Crippen molar-refractivity contribution in [2.45, 2.75) is 13.2 Å². The lowest BCUT2D eigenvalue weighted by Gasteiger charge is -2.10. The van der Waals surface area contributed by atoms with Crippen LogP contribution in [0.1, 0.15) is 21.6 Å². The second-order valence-corrected chi connectivity index (χ2v) is 6.71. The second-order valence-electron chi connectivity index (χ2n) is 6.37. The van der Waals surface area contributed by atoms with E-state index in [-0.39, 0.29) is 0 Å². The van der Waals surface area contributed by atoms with Crippen molar-refractivity contribution in [2.75, 3.05) is 0 Å². The molecule has 0 aliphatic carbocycles. The van der Waals surface area contributed by atoms with Crippen LogP contribution in [0.25, 0.3) is 10.9 Å². The highest BCUT2D eigenvalue weighted by atomic mass is 35.5. The third-order valence-corrected chi connectivity index (χ3v) is 4.70. The van der Waals surface area contributed by atoms with Gasteiger partial charge in [0.15, 0.2) is 0 Å². The topological polar surface area (TPSA) is 31.2 Å². The summed E-state index contributed by atoms with van der Waals surface area (Å²) in [5.41, 5.74) is 3.65. The van der Waals surface area contributed by atoms with E-state index in [0.717, 1.165) is 27.8 Å². The largest absolute Gasteiger partial charge is 0.489 e. The van der Waals surface area contributed by atoms with Crippen LogP contribution in [0.15, 0.2) is 84.9 Å². The van der Waals surface area contributed by atoms with Crippen LogP contribution in [0.3, 0.4) is 0 Å². The maximum absolute atomic E-state index is 11.9. The number of rotatable bonds is 6. The van der Waals surface area contributed by atoms with Crippen molar-refractivity contribution < 1.29 is 9.53 Å². The van der Waals surface area contributed by atoms with Crippen molar-refractivity contribution >= 4 is 27.7 Å². The highest BCUT2D eigenvalue weighted by Crippen LogP contribution is 2.27. The molecule has 0 saturated heterocycles. The molecule has 3 nitrogen and oxygen atoms in total. The number of halogens is 1. The molecule has 27 heavy (non-hydrogen) atoms. The summed E-state index contributed by atoms with van der Waals surface area (Å²) in [4.78, 5) is 11.9. The normalized spacial score (nSPS) is 10.9. The molecular weight excluding hydrogens is 358 g/mol. The molecule has 1 aromatic heterocycles. The number of hydrogen-bond acceptors (Lipinski definition) is 2. The van der Waals surface area contributed by atoms with Crippen LogP contribution >= 0.6 is 11.6 Å². The summed E-state index contributed by atoms with van der Waals surface area (Å²) in [5.74, 6) is 0.761. The van der Waals surface area contributed by atoms with Gasteiger partial charge in [0, 0.05) is 17.4 Å². The van der Waals surface area contributed by atoms with Crippen LogP contribution < -0.4 is 4.74 Å². The van der Waals surface area contributed by atoms with Crippen molar-refractivity contribution in [1.82, 2.24) is 4.57 Å². The van der Waals surface area contributed by atoms with Crippen molar-refractivity contribution in [2.24, 2.45) is 0 Å². The monoisotopic (exact) mass is 375 g/mol. The fourth-order valence-corrected chi connectivity index (χ4v) is 3.34. The Morgan fingerprint density at radius 3 is 2.19 bits per heavy atom. The molecule has 0 aliphatic rings.